The van der Waals surface area contributed by atoms with E-state index in [0.29, 0.717) is 0 Å². The number of nitrogens with zero attached hydrogens (tertiary/aromatic N) is 1. The van der Waals surface area contributed by atoms with Gasteiger partial charge in [0.15, 0.2) is 0 Å². The zero-order chi connectivity index (χ0) is 11.7. The van der Waals surface area contributed by atoms with Crippen molar-refractivity contribution < 1.29 is 4.74 Å². The molecular formula is C14H16N2O. The Balaban J connectivity index is 2.04. The van der Waals surface area contributed by atoms with E-state index in [2.05, 4.69) is 17.1 Å². The number of fused-ring (bicyclic) bond motifs is 1. The van der Waals surface area contributed by atoms with E-state index in [1.54, 1.807) is 0 Å². The van der Waals surface area contributed by atoms with Crippen LogP contribution in [0.15, 0.2) is 36.7 Å². The Bertz CT molecular complexity index is 515. The first-order chi connectivity index (χ1) is 8.36. The van der Waals surface area contributed by atoms with Gasteiger partial charge in [-0.2, -0.15) is 0 Å². The van der Waals surface area contributed by atoms with Gasteiger partial charge in [-0.25, -0.2) is 0 Å². The van der Waals surface area contributed by atoms with E-state index < -0.39 is 0 Å². The maximum absolute atomic E-state index is 6.30. The van der Waals surface area contributed by atoms with E-state index >= 15 is 0 Å². The number of hydrogen-bond donors (Lipinski definition) is 1. The third-order valence-electron chi connectivity index (χ3n) is 3.42. The molecule has 88 valence electrons. The highest BCUT2D eigenvalue weighted by Crippen LogP contribution is 2.29. The van der Waals surface area contributed by atoms with Crippen LogP contribution in [-0.4, -0.2) is 17.7 Å². The van der Waals surface area contributed by atoms with E-state index in [0.717, 1.165) is 30.4 Å². The van der Waals surface area contributed by atoms with Crippen LogP contribution in [0, 0.1) is 0 Å². The summed E-state index contributed by atoms with van der Waals surface area (Å²) < 4.78 is 5.67. The number of aromatic nitrogens is 1. The number of rotatable bonds is 2. The van der Waals surface area contributed by atoms with Crippen molar-refractivity contribution in [3.05, 3.63) is 42.2 Å². The molecular weight excluding hydrogens is 212 g/mol. The molecule has 2 N–H and O–H groups in total. The van der Waals surface area contributed by atoms with Crippen LogP contribution >= 0.6 is 0 Å². The van der Waals surface area contributed by atoms with Crippen LogP contribution < -0.4 is 5.73 Å². The van der Waals surface area contributed by atoms with Gasteiger partial charge in [0, 0.05) is 24.4 Å². The van der Waals surface area contributed by atoms with Crippen molar-refractivity contribution in [1.29, 1.82) is 0 Å². The predicted molar refractivity (Wildman–Crippen MR) is 67.6 cm³/mol. The first kappa shape index (κ1) is 10.7. The topological polar surface area (TPSA) is 48.1 Å². The molecule has 3 nitrogen and oxygen atoms in total. The fourth-order valence-corrected chi connectivity index (χ4v) is 2.49. The summed E-state index contributed by atoms with van der Waals surface area (Å²) in [5, 5.41) is 2.32. The fourth-order valence-electron chi connectivity index (χ4n) is 2.49. The van der Waals surface area contributed by atoms with Crippen LogP contribution in [0.25, 0.3) is 10.8 Å². The standard InChI is InChI=1S/C14H16N2O/c15-14(13-6-3-7-17-13)12-9-16-8-10-4-1-2-5-11(10)12/h1-2,4-5,8-9,13-14H,3,6-7,15H2. The number of ether oxygens (including phenoxy) is 1. The van der Waals surface area contributed by atoms with Crippen LogP contribution in [0.1, 0.15) is 24.4 Å². The SMILES string of the molecule is NC(c1cncc2ccccc12)C1CCCO1. The van der Waals surface area contributed by atoms with Gasteiger partial charge in [-0.05, 0) is 23.8 Å². The van der Waals surface area contributed by atoms with E-state index in [1.807, 2.05) is 24.5 Å². The van der Waals surface area contributed by atoms with Gasteiger partial charge < -0.3 is 10.5 Å². The van der Waals surface area contributed by atoms with Gasteiger partial charge in [0.2, 0.25) is 0 Å². The molecule has 0 spiro atoms. The van der Waals surface area contributed by atoms with E-state index in [1.165, 1.54) is 5.39 Å². The highest BCUT2D eigenvalue weighted by Gasteiger charge is 2.25. The lowest BCUT2D eigenvalue weighted by Crippen LogP contribution is -2.25. The number of hydrogen-bond acceptors (Lipinski definition) is 3. The molecule has 1 aromatic carbocycles. The molecule has 1 aromatic heterocycles. The number of pyridine rings is 1. The predicted octanol–water partition coefficient (Wildman–Crippen LogP) is 2.41. The quantitative estimate of drug-likeness (QED) is 0.858. The molecule has 3 rings (SSSR count). The molecule has 17 heavy (non-hydrogen) atoms. The lowest BCUT2D eigenvalue weighted by Gasteiger charge is -2.20. The second-order valence-corrected chi connectivity index (χ2v) is 4.53. The van der Waals surface area contributed by atoms with Crippen LogP contribution in [0.2, 0.25) is 0 Å². The first-order valence-corrected chi connectivity index (χ1v) is 6.06. The van der Waals surface area contributed by atoms with Crippen molar-refractivity contribution in [3.8, 4) is 0 Å². The van der Waals surface area contributed by atoms with Gasteiger partial charge in [0.05, 0.1) is 12.1 Å². The van der Waals surface area contributed by atoms with Crippen molar-refractivity contribution >= 4 is 10.8 Å². The zero-order valence-electron chi connectivity index (χ0n) is 9.67. The van der Waals surface area contributed by atoms with Gasteiger partial charge in [-0.3, -0.25) is 4.98 Å². The van der Waals surface area contributed by atoms with Crippen molar-refractivity contribution in [1.82, 2.24) is 4.98 Å². The lowest BCUT2D eigenvalue weighted by molar-refractivity contribution is 0.0903. The summed E-state index contributed by atoms with van der Waals surface area (Å²) in [6.07, 6.45) is 6.04. The van der Waals surface area contributed by atoms with Gasteiger partial charge in [0.1, 0.15) is 0 Å². The normalized spacial score (nSPS) is 21.8. The third-order valence-corrected chi connectivity index (χ3v) is 3.42. The average Bonchev–Trinajstić information content (AvgIpc) is 2.91. The minimum atomic E-state index is -0.0731. The first-order valence-electron chi connectivity index (χ1n) is 6.06. The monoisotopic (exact) mass is 228 g/mol. The molecule has 1 aliphatic rings. The number of nitrogens with two attached hydrogens (primary N) is 1. The summed E-state index contributed by atoms with van der Waals surface area (Å²) in [6, 6.07) is 8.14. The molecule has 3 heteroatoms. The van der Waals surface area contributed by atoms with Crippen LogP contribution in [-0.2, 0) is 4.74 Å². The minimum Gasteiger partial charge on any atom is -0.376 e. The fraction of sp³-hybridized carbons (Fsp3) is 0.357. The summed E-state index contributed by atoms with van der Waals surface area (Å²) >= 11 is 0. The molecule has 1 saturated heterocycles. The molecule has 1 aliphatic heterocycles. The second-order valence-electron chi connectivity index (χ2n) is 4.53. The second kappa shape index (κ2) is 4.43. The Morgan fingerprint density at radius 2 is 2.18 bits per heavy atom. The Hall–Kier alpha value is -1.45. The molecule has 2 atom stereocenters. The average molecular weight is 228 g/mol. The van der Waals surface area contributed by atoms with E-state index in [4.69, 9.17) is 10.5 Å². The Morgan fingerprint density at radius 3 is 3.00 bits per heavy atom. The molecule has 1 fully saturated rings. The van der Waals surface area contributed by atoms with E-state index in [9.17, 15) is 0 Å². The minimum absolute atomic E-state index is 0.0731. The summed E-state index contributed by atoms with van der Waals surface area (Å²) in [7, 11) is 0. The van der Waals surface area contributed by atoms with Crippen molar-refractivity contribution in [2.24, 2.45) is 5.73 Å². The summed E-state index contributed by atoms with van der Waals surface area (Å²) in [6.45, 7) is 0.830. The molecule has 0 radical (unpaired) electrons. The summed E-state index contributed by atoms with van der Waals surface area (Å²) in [5.74, 6) is 0. The molecule has 0 aliphatic carbocycles. The zero-order valence-corrected chi connectivity index (χ0v) is 9.67. The van der Waals surface area contributed by atoms with Crippen LogP contribution in [0.5, 0.6) is 0 Å². The summed E-state index contributed by atoms with van der Waals surface area (Å²) in [5.41, 5.74) is 7.39. The number of benzene rings is 1. The van der Waals surface area contributed by atoms with Gasteiger partial charge in [-0.15, -0.1) is 0 Å². The van der Waals surface area contributed by atoms with Gasteiger partial charge in [-0.1, -0.05) is 24.3 Å². The molecule has 0 saturated carbocycles. The molecule has 0 amide bonds. The van der Waals surface area contributed by atoms with Crippen molar-refractivity contribution in [2.75, 3.05) is 6.61 Å². The van der Waals surface area contributed by atoms with Gasteiger partial charge in [0.25, 0.3) is 0 Å². The third kappa shape index (κ3) is 1.92. The maximum atomic E-state index is 6.30. The van der Waals surface area contributed by atoms with E-state index in [-0.39, 0.29) is 12.1 Å². The molecule has 2 aromatic rings. The Kier molecular flexibility index (Phi) is 2.79. The van der Waals surface area contributed by atoms with Crippen LogP contribution in [0.4, 0.5) is 0 Å². The van der Waals surface area contributed by atoms with Crippen molar-refractivity contribution in [3.63, 3.8) is 0 Å². The molecule has 0 bridgehead atoms. The van der Waals surface area contributed by atoms with Crippen LogP contribution in [0.3, 0.4) is 0 Å². The Labute approximate surface area is 101 Å². The highest BCUT2D eigenvalue weighted by molar-refractivity contribution is 5.85. The lowest BCUT2D eigenvalue weighted by atomic mass is 9.97. The molecule has 2 unspecified atom stereocenters. The molecule has 2 heterocycles. The highest BCUT2D eigenvalue weighted by atomic mass is 16.5. The Morgan fingerprint density at radius 1 is 1.29 bits per heavy atom. The largest absolute Gasteiger partial charge is 0.376 e. The van der Waals surface area contributed by atoms with Crippen molar-refractivity contribution in [2.45, 2.75) is 25.0 Å². The van der Waals surface area contributed by atoms with Gasteiger partial charge >= 0.3 is 0 Å². The summed E-state index contributed by atoms with van der Waals surface area (Å²) in [4.78, 5) is 4.27. The maximum Gasteiger partial charge on any atom is 0.0769 e. The smallest absolute Gasteiger partial charge is 0.0769 e.